The average molecular weight is 586 g/mol. The van der Waals surface area contributed by atoms with Gasteiger partial charge in [-0.15, -0.1) is 0 Å². The minimum Gasteiger partial charge on any atom is -0.493 e. The Kier molecular flexibility index (Phi) is 9.22. The van der Waals surface area contributed by atoms with Crippen LogP contribution in [0, 0.1) is 0 Å². The van der Waals surface area contributed by atoms with Gasteiger partial charge in [0.1, 0.15) is 0 Å². The number of nitrogens with one attached hydrogen (secondary N) is 1. The summed E-state index contributed by atoms with van der Waals surface area (Å²) in [7, 11) is 1.48. The number of hydrogen-bond acceptors (Lipinski definition) is 6. The molecule has 1 aliphatic rings. The molecule has 0 spiro atoms. The zero-order valence-corrected chi connectivity index (χ0v) is 23.8. The molecule has 0 unspecified atom stereocenters. The quantitative estimate of drug-likeness (QED) is 0.264. The van der Waals surface area contributed by atoms with E-state index in [1.165, 1.54) is 7.11 Å². The van der Waals surface area contributed by atoms with Crippen molar-refractivity contribution in [3.8, 4) is 11.5 Å². The van der Waals surface area contributed by atoms with Gasteiger partial charge in [0.15, 0.2) is 18.1 Å². The van der Waals surface area contributed by atoms with Gasteiger partial charge < -0.3 is 14.8 Å². The summed E-state index contributed by atoms with van der Waals surface area (Å²) in [5, 5.41) is 3.34. The highest BCUT2D eigenvalue weighted by atomic mass is 35.5. The summed E-state index contributed by atoms with van der Waals surface area (Å²) < 4.78 is 11.2. The molecule has 10 heteroatoms. The van der Waals surface area contributed by atoms with Gasteiger partial charge in [0.2, 0.25) is 0 Å². The van der Waals surface area contributed by atoms with Crippen LogP contribution in [-0.2, 0) is 16.1 Å². The number of nitrogens with zero attached hydrogens (tertiary/aromatic N) is 1. The molecule has 1 N–H and O–H groups in total. The largest absolute Gasteiger partial charge is 0.493 e. The summed E-state index contributed by atoms with van der Waals surface area (Å²) in [6.45, 7) is 3.94. The summed E-state index contributed by atoms with van der Waals surface area (Å²) >= 11 is 13.0. The Morgan fingerprint density at radius 2 is 1.82 bits per heavy atom. The number of methoxy groups -OCH3 is 1. The summed E-state index contributed by atoms with van der Waals surface area (Å²) in [6.07, 6.45) is 1.61. The van der Waals surface area contributed by atoms with Gasteiger partial charge in [0.05, 0.1) is 18.6 Å². The van der Waals surface area contributed by atoms with Crippen molar-refractivity contribution >= 4 is 63.8 Å². The molecule has 0 radical (unpaired) electrons. The first kappa shape index (κ1) is 28.5. The molecule has 39 heavy (non-hydrogen) atoms. The van der Waals surface area contributed by atoms with E-state index < -0.39 is 11.1 Å². The van der Waals surface area contributed by atoms with Gasteiger partial charge in [-0.1, -0.05) is 67.4 Å². The standard InChI is InChI=1S/C29H26Cl2N2O5S/c1-17(2)21-6-4-5-7-23(21)32-27(34)16-38-24-11-8-18(12-25(24)37-3)13-26-28(35)33(29(36)39-26)15-19-9-10-20(30)14-22(19)31/h4-14,17H,15-16H2,1-3H3,(H,32,34)/b26-13-. The van der Waals surface area contributed by atoms with Crippen LogP contribution in [0.5, 0.6) is 11.5 Å². The maximum absolute atomic E-state index is 13.0. The molecule has 4 rings (SSSR count). The zero-order chi connectivity index (χ0) is 28.1. The molecule has 0 bridgehead atoms. The van der Waals surface area contributed by atoms with E-state index in [-0.39, 0.29) is 29.9 Å². The summed E-state index contributed by atoms with van der Waals surface area (Å²) in [6, 6.07) is 17.6. The van der Waals surface area contributed by atoms with Crippen molar-refractivity contribution in [2.24, 2.45) is 0 Å². The highest BCUT2D eigenvalue weighted by molar-refractivity contribution is 8.18. The van der Waals surface area contributed by atoms with Gasteiger partial charge in [-0.2, -0.15) is 0 Å². The van der Waals surface area contributed by atoms with E-state index in [1.807, 2.05) is 24.3 Å². The van der Waals surface area contributed by atoms with E-state index in [9.17, 15) is 14.4 Å². The van der Waals surface area contributed by atoms with Crippen molar-refractivity contribution in [2.75, 3.05) is 19.0 Å². The van der Waals surface area contributed by atoms with Crippen LogP contribution >= 0.6 is 35.0 Å². The van der Waals surface area contributed by atoms with Gasteiger partial charge >= 0.3 is 0 Å². The van der Waals surface area contributed by atoms with E-state index in [1.54, 1.807) is 42.5 Å². The van der Waals surface area contributed by atoms with Crippen LogP contribution in [0.3, 0.4) is 0 Å². The fraction of sp³-hybridized carbons (Fsp3) is 0.207. The number of halogens is 2. The lowest BCUT2D eigenvalue weighted by Gasteiger charge is -2.15. The van der Waals surface area contributed by atoms with Gasteiger partial charge in [0, 0.05) is 15.7 Å². The van der Waals surface area contributed by atoms with E-state index in [0.29, 0.717) is 32.7 Å². The van der Waals surface area contributed by atoms with Crippen molar-refractivity contribution in [3.05, 3.63) is 92.3 Å². The molecule has 0 aromatic heterocycles. The van der Waals surface area contributed by atoms with E-state index in [2.05, 4.69) is 19.2 Å². The van der Waals surface area contributed by atoms with Crippen molar-refractivity contribution in [3.63, 3.8) is 0 Å². The molecule has 0 saturated carbocycles. The maximum Gasteiger partial charge on any atom is 0.293 e. The smallest absolute Gasteiger partial charge is 0.293 e. The second kappa shape index (κ2) is 12.6. The fourth-order valence-corrected chi connectivity index (χ4v) is 5.25. The number of ether oxygens (including phenoxy) is 2. The van der Waals surface area contributed by atoms with Crippen LogP contribution in [0.15, 0.2) is 65.6 Å². The van der Waals surface area contributed by atoms with E-state index >= 15 is 0 Å². The Morgan fingerprint density at radius 3 is 2.54 bits per heavy atom. The number of benzene rings is 3. The zero-order valence-electron chi connectivity index (χ0n) is 21.5. The van der Waals surface area contributed by atoms with Crippen molar-refractivity contribution in [2.45, 2.75) is 26.3 Å². The molecule has 3 amide bonds. The normalized spacial score (nSPS) is 14.3. The van der Waals surface area contributed by atoms with Crippen LogP contribution in [0.2, 0.25) is 10.0 Å². The van der Waals surface area contributed by atoms with Crippen LogP contribution in [0.4, 0.5) is 10.5 Å². The Bertz CT molecular complexity index is 1460. The third-order valence-electron chi connectivity index (χ3n) is 5.92. The van der Waals surface area contributed by atoms with Crippen LogP contribution in [0.25, 0.3) is 6.08 Å². The van der Waals surface area contributed by atoms with Gasteiger partial charge in [-0.25, -0.2) is 0 Å². The Balaban J connectivity index is 1.43. The molecular formula is C29H26Cl2N2O5S. The van der Waals surface area contributed by atoms with Crippen molar-refractivity contribution in [1.29, 1.82) is 0 Å². The molecule has 1 fully saturated rings. The number of carbonyl (C=O) groups excluding carboxylic acids is 3. The van der Waals surface area contributed by atoms with Crippen LogP contribution < -0.4 is 14.8 Å². The molecule has 0 atom stereocenters. The van der Waals surface area contributed by atoms with Gasteiger partial charge in [0.25, 0.3) is 17.1 Å². The molecule has 1 saturated heterocycles. The summed E-state index contributed by atoms with van der Waals surface area (Å²) in [5.41, 5.74) is 3.03. The highest BCUT2D eigenvalue weighted by Crippen LogP contribution is 2.36. The Hall–Kier alpha value is -3.46. The second-order valence-electron chi connectivity index (χ2n) is 8.99. The Morgan fingerprint density at radius 1 is 1.05 bits per heavy atom. The topological polar surface area (TPSA) is 84.9 Å². The molecule has 1 heterocycles. The predicted octanol–water partition coefficient (Wildman–Crippen LogP) is 7.38. The minimum absolute atomic E-state index is 0.0395. The first-order chi connectivity index (χ1) is 18.7. The van der Waals surface area contributed by atoms with E-state index in [4.69, 9.17) is 32.7 Å². The molecule has 7 nitrogen and oxygen atoms in total. The number of carbonyl (C=O) groups is 3. The minimum atomic E-state index is -0.423. The number of amides is 3. The van der Waals surface area contributed by atoms with Crippen molar-refractivity contribution < 1.29 is 23.9 Å². The Labute approximate surface area is 241 Å². The number of thioether (sulfide) groups is 1. The highest BCUT2D eigenvalue weighted by Gasteiger charge is 2.35. The van der Waals surface area contributed by atoms with Crippen LogP contribution in [0.1, 0.15) is 36.5 Å². The van der Waals surface area contributed by atoms with Crippen LogP contribution in [-0.4, -0.2) is 35.7 Å². The number of rotatable bonds is 9. The predicted molar refractivity (Wildman–Crippen MR) is 156 cm³/mol. The number of imide groups is 1. The molecule has 202 valence electrons. The third-order valence-corrected chi connectivity index (χ3v) is 7.41. The third kappa shape index (κ3) is 6.95. The first-order valence-electron chi connectivity index (χ1n) is 12.0. The second-order valence-corrected chi connectivity index (χ2v) is 10.8. The summed E-state index contributed by atoms with van der Waals surface area (Å²) in [5.74, 6) is 0.280. The lowest BCUT2D eigenvalue weighted by molar-refractivity contribution is -0.123. The molecular weight excluding hydrogens is 559 g/mol. The SMILES string of the molecule is COc1cc(/C=C2\SC(=O)N(Cc3ccc(Cl)cc3Cl)C2=O)ccc1OCC(=O)Nc1ccccc1C(C)C. The number of anilines is 1. The molecule has 0 aliphatic carbocycles. The van der Waals surface area contributed by atoms with Gasteiger partial charge in [-0.3, -0.25) is 19.3 Å². The molecule has 1 aliphatic heterocycles. The average Bonchev–Trinajstić information content (AvgIpc) is 3.16. The molecule has 3 aromatic rings. The maximum atomic E-state index is 13.0. The monoisotopic (exact) mass is 584 g/mol. The lowest BCUT2D eigenvalue weighted by Crippen LogP contribution is -2.27. The number of hydrogen-bond donors (Lipinski definition) is 1. The first-order valence-corrected chi connectivity index (χ1v) is 13.6. The van der Waals surface area contributed by atoms with E-state index in [0.717, 1.165) is 27.9 Å². The molecule has 3 aromatic carbocycles. The lowest BCUT2D eigenvalue weighted by atomic mass is 10.0. The van der Waals surface area contributed by atoms with Gasteiger partial charge in [-0.05, 0) is 70.8 Å². The fourth-order valence-electron chi connectivity index (χ4n) is 3.95. The van der Waals surface area contributed by atoms with Crippen molar-refractivity contribution in [1.82, 2.24) is 4.90 Å². The number of para-hydroxylation sites is 1. The summed E-state index contributed by atoms with van der Waals surface area (Å²) in [4.78, 5) is 39.5.